The fourth-order valence-corrected chi connectivity index (χ4v) is 2.68. The molecule has 5 nitrogen and oxygen atoms in total. The van der Waals surface area contributed by atoms with Crippen LogP contribution in [0.1, 0.15) is 19.8 Å². The van der Waals surface area contributed by atoms with Gasteiger partial charge >= 0.3 is 0 Å². The van der Waals surface area contributed by atoms with E-state index in [0.717, 1.165) is 31.7 Å². The van der Waals surface area contributed by atoms with Crippen molar-refractivity contribution in [3.63, 3.8) is 0 Å². The Hall–Kier alpha value is 0.180. The molecule has 0 bridgehead atoms. The van der Waals surface area contributed by atoms with Crippen LogP contribution in [-0.4, -0.2) is 58.0 Å². The van der Waals surface area contributed by atoms with E-state index in [2.05, 4.69) is 10.0 Å². The predicted molar refractivity (Wildman–Crippen MR) is 75.7 cm³/mol. The third kappa shape index (κ3) is 8.84. The van der Waals surface area contributed by atoms with Gasteiger partial charge in [-0.2, -0.15) is 24.5 Å². The molecular formula is C10H25N3O2S2. The molecule has 0 rings (SSSR count). The minimum absolute atomic E-state index is 0.515. The van der Waals surface area contributed by atoms with Crippen LogP contribution in [0.3, 0.4) is 0 Å². The highest BCUT2D eigenvalue weighted by Gasteiger charge is 2.15. The number of rotatable bonds is 11. The number of thioether (sulfide) groups is 1. The van der Waals surface area contributed by atoms with Crippen LogP contribution in [-0.2, 0) is 10.2 Å². The summed E-state index contributed by atoms with van der Waals surface area (Å²) in [7, 11) is -1.67. The third-order valence-corrected chi connectivity index (χ3v) is 4.57. The highest BCUT2D eigenvalue weighted by atomic mass is 32.2. The van der Waals surface area contributed by atoms with E-state index in [0.29, 0.717) is 13.1 Å². The van der Waals surface area contributed by atoms with Gasteiger partial charge in [0, 0.05) is 20.1 Å². The molecular weight excluding hydrogens is 258 g/mol. The summed E-state index contributed by atoms with van der Waals surface area (Å²) in [6.45, 7) is 4.87. The van der Waals surface area contributed by atoms with E-state index in [1.54, 1.807) is 18.8 Å². The van der Waals surface area contributed by atoms with Crippen molar-refractivity contribution in [2.45, 2.75) is 19.8 Å². The second-order valence-electron chi connectivity index (χ2n) is 3.77. The summed E-state index contributed by atoms with van der Waals surface area (Å²) in [6, 6.07) is 0. The van der Waals surface area contributed by atoms with Gasteiger partial charge in [-0.3, -0.25) is 0 Å². The molecule has 104 valence electrons. The van der Waals surface area contributed by atoms with Gasteiger partial charge in [-0.15, -0.1) is 0 Å². The van der Waals surface area contributed by atoms with Gasteiger partial charge in [-0.05, 0) is 37.9 Å². The first kappa shape index (κ1) is 17.2. The molecule has 0 heterocycles. The molecule has 0 amide bonds. The molecule has 7 heteroatoms. The Kier molecular flexibility index (Phi) is 10.2. The number of hydrogen-bond acceptors (Lipinski definition) is 4. The molecule has 0 aromatic rings. The lowest BCUT2D eigenvalue weighted by Gasteiger charge is -2.17. The summed E-state index contributed by atoms with van der Waals surface area (Å²) in [6.07, 6.45) is 3.71. The van der Waals surface area contributed by atoms with E-state index in [9.17, 15) is 8.42 Å². The SMILES string of the molecule is CCNCCCN(C)S(=O)(=O)NCCCSC. The molecule has 0 aliphatic rings. The average Bonchev–Trinajstić information content (AvgIpc) is 2.30. The van der Waals surface area contributed by atoms with E-state index >= 15 is 0 Å². The van der Waals surface area contributed by atoms with Crippen LogP contribution >= 0.6 is 11.8 Å². The maximum atomic E-state index is 11.7. The summed E-state index contributed by atoms with van der Waals surface area (Å²) in [5.41, 5.74) is 0. The summed E-state index contributed by atoms with van der Waals surface area (Å²) < 4.78 is 27.5. The van der Waals surface area contributed by atoms with Gasteiger partial charge in [-0.25, -0.2) is 4.72 Å². The molecule has 0 atom stereocenters. The molecule has 0 saturated carbocycles. The van der Waals surface area contributed by atoms with Crippen molar-refractivity contribution in [2.24, 2.45) is 0 Å². The lowest BCUT2D eigenvalue weighted by atomic mass is 10.4. The van der Waals surface area contributed by atoms with E-state index in [1.807, 2.05) is 13.2 Å². The lowest BCUT2D eigenvalue weighted by molar-refractivity contribution is 0.446. The molecule has 0 aliphatic carbocycles. The Morgan fingerprint density at radius 2 is 1.94 bits per heavy atom. The summed E-state index contributed by atoms with van der Waals surface area (Å²) >= 11 is 1.72. The van der Waals surface area contributed by atoms with Crippen molar-refractivity contribution in [3.05, 3.63) is 0 Å². The standard InChI is InChI=1S/C10H25N3O2S2/c1-4-11-7-5-9-13(2)17(14,15)12-8-6-10-16-3/h11-12H,4-10H2,1-3H3. The second-order valence-corrected chi connectivity index (χ2v) is 6.62. The Bertz CT molecular complexity index is 271. The third-order valence-electron chi connectivity index (χ3n) is 2.30. The van der Waals surface area contributed by atoms with Crippen molar-refractivity contribution in [1.82, 2.24) is 14.3 Å². The van der Waals surface area contributed by atoms with Crippen molar-refractivity contribution in [3.8, 4) is 0 Å². The Morgan fingerprint density at radius 1 is 1.24 bits per heavy atom. The van der Waals surface area contributed by atoms with Gasteiger partial charge in [-0.1, -0.05) is 6.92 Å². The van der Waals surface area contributed by atoms with Gasteiger partial charge in [0.25, 0.3) is 10.2 Å². The van der Waals surface area contributed by atoms with E-state index in [1.165, 1.54) is 4.31 Å². The van der Waals surface area contributed by atoms with Crippen molar-refractivity contribution < 1.29 is 8.42 Å². The van der Waals surface area contributed by atoms with E-state index in [4.69, 9.17) is 0 Å². The van der Waals surface area contributed by atoms with Crippen LogP contribution in [0.5, 0.6) is 0 Å². The molecule has 0 saturated heterocycles. The Balaban J connectivity index is 3.78. The summed E-state index contributed by atoms with van der Waals surface area (Å²) in [4.78, 5) is 0. The zero-order chi connectivity index (χ0) is 13.1. The largest absolute Gasteiger partial charge is 0.317 e. The molecule has 0 unspecified atom stereocenters. The first-order valence-corrected chi connectivity index (χ1v) is 8.78. The smallest absolute Gasteiger partial charge is 0.279 e. The zero-order valence-electron chi connectivity index (χ0n) is 11.0. The minimum Gasteiger partial charge on any atom is -0.317 e. The normalized spacial score (nSPS) is 12.2. The summed E-state index contributed by atoms with van der Waals surface area (Å²) in [5, 5.41) is 3.17. The highest BCUT2D eigenvalue weighted by molar-refractivity contribution is 7.98. The second kappa shape index (κ2) is 10.1. The van der Waals surface area contributed by atoms with Gasteiger partial charge in [0.05, 0.1) is 0 Å². The fourth-order valence-electron chi connectivity index (χ4n) is 1.25. The first-order chi connectivity index (χ1) is 8.04. The monoisotopic (exact) mass is 283 g/mol. The first-order valence-electron chi connectivity index (χ1n) is 5.95. The molecule has 0 aromatic heterocycles. The number of nitrogens with zero attached hydrogens (tertiary/aromatic N) is 1. The Labute approximate surface area is 110 Å². The Morgan fingerprint density at radius 3 is 2.53 bits per heavy atom. The van der Waals surface area contributed by atoms with Crippen molar-refractivity contribution in [2.75, 3.05) is 45.2 Å². The molecule has 0 aromatic carbocycles. The van der Waals surface area contributed by atoms with Crippen LogP contribution in [0.4, 0.5) is 0 Å². The van der Waals surface area contributed by atoms with Gasteiger partial charge in [0.15, 0.2) is 0 Å². The molecule has 0 spiro atoms. The quantitative estimate of drug-likeness (QED) is 0.542. The lowest BCUT2D eigenvalue weighted by Crippen LogP contribution is -2.39. The van der Waals surface area contributed by atoms with Crippen molar-refractivity contribution >= 4 is 22.0 Å². The maximum absolute atomic E-state index is 11.7. The fraction of sp³-hybridized carbons (Fsp3) is 1.00. The van der Waals surface area contributed by atoms with Crippen molar-refractivity contribution in [1.29, 1.82) is 0 Å². The maximum Gasteiger partial charge on any atom is 0.279 e. The van der Waals surface area contributed by atoms with Crippen LogP contribution in [0.15, 0.2) is 0 Å². The molecule has 0 radical (unpaired) electrons. The van der Waals surface area contributed by atoms with Crippen LogP contribution in [0, 0.1) is 0 Å². The van der Waals surface area contributed by atoms with E-state index in [-0.39, 0.29) is 0 Å². The molecule has 17 heavy (non-hydrogen) atoms. The average molecular weight is 283 g/mol. The van der Waals surface area contributed by atoms with Crippen LogP contribution < -0.4 is 10.0 Å². The highest BCUT2D eigenvalue weighted by Crippen LogP contribution is 1.98. The van der Waals surface area contributed by atoms with Gasteiger partial charge in [0.2, 0.25) is 0 Å². The van der Waals surface area contributed by atoms with Crippen LogP contribution in [0.25, 0.3) is 0 Å². The molecule has 2 N–H and O–H groups in total. The summed E-state index contributed by atoms with van der Waals surface area (Å²) in [5.74, 6) is 0.979. The topological polar surface area (TPSA) is 61.4 Å². The number of nitrogens with one attached hydrogen (secondary N) is 2. The molecule has 0 aliphatic heterocycles. The molecule has 0 fully saturated rings. The van der Waals surface area contributed by atoms with Gasteiger partial charge in [0.1, 0.15) is 0 Å². The zero-order valence-corrected chi connectivity index (χ0v) is 12.7. The van der Waals surface area contributed by atoms with Gasteiger partial charge < -0.3 is 5.32 Å². The van der Waals surface area contributed by atoms with Crippen LogP contribution in [0.2, 0.25) is 0 Å². The minimum atomic E-state index is -3.28. The predicted octanol–water partition coefficient (Wildman–Crippen LogP) is 0.505. The number of hydrogen-bond donors (Lipinski definition) is 2. The van der Waals surface area contributed by atoms with E-state index < -0.39 is 10.2 Å².